The Morgan fingerprint density at radius 2 is 1.85 bits per heavy atom. The van der Waals surface area contributed by atoms with Crippen LogP contribution in [0.3, 0.4) is 0 Å². The van der Waals surface area contributed by atoms with Crippen LogP contribution >= 0.6 is 0 Å². The molecule has 1 fully saturated rings. The van der Waals surface area contributed by atoms with Crippen molar-refractivity contribution in [3.8, 4) is 5.69 Å². The fraction of sp³-hybridized carbons (Fsp3) is 0.533. The maximum atomic E-state index is 6.04. The average Bonchev–Trinajstić information content (AvgIpc) is 2.93. The van der Waals surface area contributed by atoms with E-state index in [9.17, 15) is 0 Å². The molecule has 1 aliphatic carbocycles. The van der Waals surface area contributed by atoms with E-state index in [-0.39, 0.29) is 0 Å². The number of nitrogens with two attached hydrogens (primary N) is 1. The Hall–Kier alpha value is -1.91. The molecule has 0 spiro atoms. The highest BCUT2D eigenvalue weighted by molar-refractivity contribution is 5.57. The van der Waals surface area contributed by atoms with Crippen LogP contribution in [0.15, 0.2) is 12.1 Å². The third kappa shape index (κ3) is 2.28. The van der Waals surface area contributed by atoms with Crippen LogP contribution < -0.4 is 5.73 Å². The third-order valence-corrected chi connectivity index (χ3v) is 4.28. The minimum absolute atomic E-state index is 0.473. The predicted molar refractivity (Wildman–Crippen MR) is 78.9 cm³/mol. The van der Waals surface area contributed by atoms with E-state index in [0.717, 1.165) is 28.3 Å². The van der Waals surface area contributed by atoms with E-state index in [1.165, 1.54) is 32.1 Å². The number of benzene rings is 1. The van der Waals surface area contributed by atoms with Crippen LogP contribution in [0.2, 0.25) is 0 Å². The number of aryl methyl sites for hydroxylation is 2. The Labute approximate surface area is 119 Å². The molecule has 1 aromatic heterocycles. The van der Waals surface area contributed by atoms with Crippen molar-refractivity contribution in [2.24, 2.45) is 0 Å². The first-order valence-electron chi connectivity index (χ1n) is 7.32. The van der Waals surface area contributed by atoms with Crippen molar-refractivity contribution in [1.82, 2.24) is 20.2 Å². The van der Waals surface area contributed by atoms with Gasteiger partial charge in [0, 0.05) is 11.6 Å². The van der Waals surface area contributed by atoms with E-state index < -0.39 is 0 Å². The van der Waals surface area contributed by atoms with E-state index in [1.807, 2.05) is 17.7 Å². The zero-order valence-corrected chi connectivity index (χ0v) is 12.1. The van der Waals surface area contributed by atoms with Crippen LogP contribution in [0.5, 0.6) is 0 Å². The fourth-order valence-corrected chi connectivity index (χ4v) is 3.07. The number of hydrogen-bond acceptors (Lipinski definition) is 4. The standard InChI is InChI=1S/C15H21N5/c1-10-8-11(2)14(9-13(10)16)20-15(17-18-19-20)12-6-4-3-5-7-12/h8-9,12H,3-7,16H2,1-2H3. The summed E-state index contributed by atoms with van der Waals surface area (Å²) in [5.41, 5.74) is 10.1. The van der Waals surface area contributed by atoms with Crippen molar-refractivity contribution in [3.05, 3.63) is 29.1 Å². The second-order valence-electron chi connectivity index (χ2n) is 5.78. The molecule has 5 heteroatoms. The topological polar surface area (TPSA) is 69.6 Å². The van der Waals surface area contributed by atoms with Crippen LogP contribution in [-0.4, -0.2) is 20.2 Å². The third-order valence-electron chi connectivity index (χ3n) is 4.28. The van der Waals surface area contributed by atoms with Gasteiger partial charge in [-0.3, -0.25) is 0 Å². The van der Waals surface area contributed by atoms with Gasteiger partial charge in [0.05, 0.1) is 5.69 Å². The first kappa shape index (κ1) is 13.1. The average molecular weight is 271 g/mol. The van der Waals surface area contributed by atoms with Crippen molar-refractivity contribution in [2.45, 2.75) is 51.9 Å². The molecule has 20 heavy (non-hydrogen) atoms. The summed E-state index contributed by atoms with van der Waals surface area (Å²) in [4.78, 5) is 0. The van der Waals surface area contributed by atoms with Gasteiger partial charge in [-0.15, -0.1) is 5.10 Å². The van der Waals surface area contributed by atoms with E-state index >= 15 is 0 Å². The molecule has 0 bridgehead atoms. The van der Waals surface area contributed by atoms with Gasteiger partial charge in [0.15, 0.2) is 5.82 Å². The maximum absolute atomic E-state index is 6.04. The molecule has 1 aliphatic rings. The molecule has 0 atom stereocenters. The Morgan fingerprint density at radius 1 is 1.10 bits per heavy atom. The van der Waals surface area contributed by atoms with Gasteiger partial charge in [0.1, 0.15) is 0 Å². The normalized spacial score (nSPS) is 16.5. The number of nitrogen functional groups attached to an aromatic ring is 1. The molecular formula is C15H21N5. The van der Waals surface area contributed by atoms with Crippen molar-refractivity contribution in [3.63, 3.8) is 0 Å². The lowest BCUT2D eigenvalue weighted by Crippen LogP contribution is -2.13. The van der Waals surface area contributed by atoms with Gasteiger partial charge in [-0.1, -0.05) is 25.3 Å². The van der Waals surface area contributed by atoms with Crippen molar-refractivity contribution in [2.75, 3.05) is 5.73 Å². The number of tetrazole rings is 1. The van der Waals surface area contributed by atoms with Gasteiger partial charge in [-0.05, 0) is 54.3 Å². The smallest absolute Gasteiger partial charge is 0.159 e. The van der Waals surface area contributed by atoms with E-state index in [4.69, 9.17) is 5.73 Å². The Balaban J connectivity index is 2.03. The molecule has 106 valence electrons. The highest BCUT2D eigenvalue weighted by Gasteiger charge is 2.23. The van der Waals surface area contributed by atoms with Gasteiger partial charge in [0.25, 0.3) is 0 Å². The van der Waals surface area contributed by atoms with Crippen LogP contribution in [0.1, 0.15) is 55.0 Å². The first-order valence-corrected chi connectivity index (χ1v) is 7.32. The monoisotopic (exact) mass is 271 g/mol. The molecular weight excluding hydrogens is 250 g/mol. The zero-order valence-electron chi connectivity index (χ0n) is 12.1. The maximum Gasteiger partial charge on any atom is 0.159 e. The first-order chi connectivity index (χ1) is 9.66. The molecule has 0 radical (unpaired) electrons. The SMILES string of the molecule is Cc1cc(C)c(-n2nnnc2C2CCCCC2)cc1N. The summed E-state index contributed by atoms with van der Waals surface area (Å²) >= 11 is 0. The molecule has 5 nitrogen and oxygen atoms in total. The van der Waals surface area contributed by atoms with Gasteiger partial charge >= 0.3 is 0 Å². The fourth-order valence-electron chi connectivity index (χ4n) is 3.07. The zero-order chi connectivity index (χ0) is 14.1. The van der Waals surface area contributed by atoms with Crippen LogP contribution in [0.4, 0.5) is 5.69 Å². The number of hydrogen-bond donors (Lipinski definition) is 1. The van der Waals surface area contributed by atoms with Crippen molar-refractivity contribution in [1.29, 1.82) is 0 Å². The Bertz CT molecular complexity index is 611. The number of anilines is 1. The Kier molecular flexibility index (Phi) is 3.42. The van der Waals surface area contributed by atoms with E-state index in [0.29, 0.717) is 5.92 Å². The summed E-state index contributed by atoms with van der Waals surface area (Å²) in [6.45, 7) is 4.10. The summed E-state index contributed by atoms with van der Waals surface area (Å²) in [5, 5.41) is 12.4. The van der Waals surface area contributed by atoms with Gasteiger partial charge in [-0.25, -0.2) is 0 Å². The largest absolute Gasteiger partial charge is 0.398 e. The van der Waals surface area contributed by atoms with E-state index in [1.54, 1.807) is 0 Å². The molecule has 3 rings (SSSR count). The second-order valence-corrected chi connectivity index (χ2v) is 5.78. The molecule has 0 saturated heterocycles. The lowest BCUT2D eigenvalue weighted by molar-refractivity contribution is 0.422. The summed E-state index contributed by atoms with van der Waals surface area (Å²) in [6, 6.07) is 4.07. The quantitative estimate of drug-likeness (QED) is 0.853. The molecule has 1 aromatic carbocycles. The number of nitrogens with zero attached hydrogens (tertiary/aromatic N) is 4. The molecule has 0 aliphatic heterocycles. The molecule has 0 unspecified atom stereocenters. The highest BCUT2D eigenvalue weighted by atomic mass is 15.5. The summed E-state index contributed by atoms with van der Waals surface area (Å²) in [7, 11) is 0. The molecule has 0 amide bonds. The van der Waals surface area contributed by atoms with Crippen molar-refractivity contribution >= 4 is 5.69 Å². The van der Waals surface area contributed by atoms with Gasteiger partial charge in [0.2, 0.25) is 0 Å². The second kappa shape index (κ2) is 5.23. The molecule has 2 aromatic rings. The number of aromatic nitrogens is 4. The lowest BCUT2D eigenvalue weighted by atomic mass is 9.88. The summed E-state index contributed by atoms with van der Waals surface area (Å²) in [5.74, 6) is 1.46. The predicted octanol–water partition coefficient (Wildman–Crippen LogP) is 2.91. The van der Waals surface area contributed by atoms with E-state index in [2.05, 4.69) is 28.5 Å². The molecule has 1 saturated carbocycles. The van der Waals surface area contributed by atoms with Gasteiger partial charge < -0.3 is 5.73 Å². The summed E-state index contributed by atoms with van der Waals surface area (Å²) in [6.07, 6.45) is 6.23. The minimum Gasteiger partial charge on any atom is -0.398 e. The van der Waals surface area contributed by atoms with Crippen LogP contribution in [0.25, 0.3) is 5.69 Å². The van der Waals surface area contributed by atoms with Crippen LogP contribution in [0, 0.1) is 13.8 Å². The molecule has 1 heterocycles. The molecule has 2 N–H and O–H groups in total. The lowest BCUT2D eigenvalue weighted by Gasteiger charge is -2.21. The summed E-state index contributed by atoms with van der Waals surface area (Å²) < 4.78 is 1.88. The number of rotatable bonds is 2. The van der Waals surface area contributed by atoms with Gasteiger partial charge in [-0.2, -0.15) is 4.68 Å². The van der Waals surface area contributed by atoms with Crippen molar-refractivity contribution < 1.29 is 0 Å². The highest BCUT2D eigenvalue weighted by Crippen LogP contribution is 2.32. The van der Waals surface area contributed by atoms with Crippen LogP contribution in [-0.2, 0) is 0 Å². The minimum atomic E-state index is 0.473. The Morgan fingerprint density at radius 3 is 2.60 bits per heavy atom.